The first-order valence-corrected chi connectivity index (χ1v) is 6.95. The smallest absolute Gasteiger partial charge is 0.255 e. The van der Waals surface area contributed by atoms with Crippen molar-refractivity contribution in [2.45, 2.75) is 30.1 Å². The lowest BCUT2D eigenvalue weighted by molar-refractivity contribution is -0.122. The summed E-state index contributed by atoms with van der Waals surface area (Å²) in [7, 11) is -3.50. The molecule has 0 saturated heterocycles. The summed E-state index contributed by atoms with van der Waals surface area (Å²) in [5, 5.41) is -0.412. The standard InChI is InChI=1S/C9H13ClN2O3S/c1-2-6-5-9(6,12-10)8(13)11-16(14,15)7-3-4-7/h2,6-7,12H,1,3-5H2,(H,11,13)/t6-,9-/m1/s1. The number of rotatable bonds is 5. The van der Waals surface area contributed by atoms with Gasteiger partial charge in [-0.1, -0.05) is 6.08 Å². The Morgan fingerprint density at radius 3 is 2.50 bits per heavy atom. The topological polar surface area (TPSA) is 75.3 Å². The predicted octanol–water partition coefficient (Wildman–Crippen LogP) is 0.283. The SMILES string of the molecule is C=C[C@@H]1C[C@]1(NCl)C(=O)NS(=O)(=O)C1CC1. The summed E-state index contributed by atoms with van der Waals surface area (Å²) in [6, 6.07) is 0. The van der Waals surface area contributed by atoms with E-state index in [1.165, 1.54) is 0 Å². The van der Waals surface area contributed by atoms with Crippen molar-refractivity contribution in [3.05, 3.63) is 12.7 Å². The predicted molar refractivity (Wildman–Crippen MR) is 60.1 cm³/mol. The Balaban J connectivity index is 2.06. The molecule has 0 aromatic carbocycles. The molecule has 0 aliphatic heterocycles. The maximum Gasteiger partial charge on any atom is 0.255 e. The number of carbonyl (C=O) groups excluding carboxylic acids is 1. The number of hydrogen-bond donors (Lipinski definition) is 2. The van der Waals surface area contributed by atoms with Gasteiger partial charge in [-0.2, -0.15) is 0 Å². The molecule has 0 aromatic heterocycles. The minimum Gasteiger partial charge on any atom is -0.272 e. The van der Waals surface area contributed by atoms with Crippen LogP contribution in [0.2, 0.25) is 0 Å². The molecule has 2 fully saturated rings. The van der Waals surface area contributed by atoms with Gasteiger partial charge in [0.1, 0.15) is 5.54 Å². The Hall–Kier alpha value is -0.590. The fourth-order valence-electron chi connectivity index (χ4n) is 1.67. The van der Waals surface area contributed by atoms with Crippen LogP contribution >= 0.6 is 11.8 Å². The Labute approximate surface area is 99.4 Å². The molecule has 2 atom stereocenters. The molecule has 2 rings (SSSR count). The molecule has 0 radical (unpaired) electrons. The van der Waals surface area contributed by atoms with E-state index in [1.807, 2.05) is 0 Å². The third kappa shape index (κ3) is 1.85. The van der Waals surface area contributed by atoms with Crippen LogP contribution in [0, 0.1) is 5.92 Å². The maximum absolute atomic E-state index is 11.8. The van der Waals surface area contributed by atoms with Gasteiger partial charge < -0.3 is 0 Å². The molecule has 2 aliphatic rings. The van der Waals surface area contributed by atoms with Crippen LogP contribution in [-0.2, 0) is 14.8 Å². The van der Waals surface area contributed by atoms with Crippen molar-refractivity contribution >= 4 is 27.7 Å². The fraction of sp³-hybridized carbons (Fsp3) is 0.667. The zero-order chi connectivity index (χ0) is 12.0. The van der Waals surface area contributed by atoms with E-state index in [-0.39, 0.29) is 5.92 Å². The van der Waals surface area contributed by atoms with E-state index in [0.29, 0.717) is 19.3 Å². The Morgan fingerprint density at radius 1 is 1.50 bits per heavy atom. The zero-order valence-corrected chi connectivity index (χ0v) is 10.1. The molecule has 16 heavy (non-hydrogen) atoms. The first-order valence-electron chi connectivity index (χ1n) is 5.02. The van der Waals surface area contributed by atoms with Gasteiger partial charge in [0.2, 0.25) is 10.0 Å². The molecule has 0 unspecified atom stereocenters. The summed E-state index contributed by atoms with van der Waals surface area (Å²) in [6.07, 6.45) is 3.31. The van der Waals surface area contributed by atoms with Crippen molar-refractivity contribution < 1.29 is 13.2 Å². The maximum atomic E-state index is 11.8. The van der Waals surface area contributed by atoms with Crippen molar-refractivity contribution in [1.29, 1.82) is 0 Å². The Bertz CT molecular complexity index is 432. The van der Waals surface area contributed by atoms with E-state index in [1.54, 1.807) is 6.08 Å². The molecule has 0 heterocycles. The second kappa shape index (κ2) is 3.72. The van der Waals surface area contributed by atoms with Crippen LogP contribution in [0.5, 0.6) is 0 Å². The van der Waals surface area contributed by atoms with Crippen molar-refractivity contribution in [2.24, 2.45) is 5.92 Å². The highest BCUT2D eigenvalue weighted by Crippen LogP contribution is 2.45. The molecule has 2 saturated carbocycles. The molecule has 90 valence electrons. The molecule has 2 N–H and O–H groups in total. The van der Waals surface area contributed by atoms with E-state index in [4.69, 9.17) is 11.8 Å². The minimum atomic E-state index is -3.50. The van der Waals surface area contributed by atoms with Crippen LogP contribution in [0.15, 0.2) is 12.7 Å². The van der Waals surface area contributed by atoms with Gasteiger partial charge in [-0.3, -0.25) is 9.52 Å². The number of nitrogens with one attached hydrogen (secondary N) is 2. The molecular weight excluding hydrogens is 252 g/mol. The molecule has 7 heteroatoms. The highest BCUT2D eigenvalue weighted by molar-refractivity contribution is 7.90. The van der Waals surface area contributed by atoms with Crippen molar-refractivity contribution in [2.75, 3.05) is 0 Å². The quantitative estimate of drug-likeness (QED) is 0.553. The zero-order valence-electron chi connectivity index (χ0n) is 8.57. The summed E-state index contributed by atoms with van der Waals surface area (Å²) in [5.41, 5.74) is -0.995. The number of sulfonamides is 1. The number of carbonyl (C=O) groups is 1. The second-order valence-electron chi connectivity index (χ2n) is 4.29. The van der Waals surface area contributed by atoms with Crippen LogP contribution in [-0.4, -0.2) is 25.1 Å². The summed E-state index contributed by atoms with van der Waals surface area (Å²) >= 11 is 5.49. The van der Waals surface area contributed by atoms with Gasteiger partial charge in [0, 0.05) is 5.92 Å². The molecule has 1 amide bonds. The van der Waals surface area contributed by atoms with Crippen LogP contribution in [0.4, 0.5) is 0 Å². The summed E-state index contributed by atoms with van der Waals surface area (Å²) < 4.78 is 25.2. The van der Waals surface area contributed by atoms with Crippen molar-refractivity contribution in [1.82, 2.24) is 9.56 Å². The molecule has 0 bridgehead atoms. The summed E-state index contributed by atoms with van der Waals surface area (Å²) in [4.78, 5) is 14.2. The average molecular weight is 265 g/mol. The van der Waals surface area contributed by atoms with E-state index >= 15 is 0 Å². The van der Waals surface area contributed by atoms with Gasteiger partial charge >= 0.3 is 0 Å². The lowest BCUT2D eigenvalue weighted by Gasteiger charge is -2.14. The van der Waals surface area contributed by atoms with Crippen LogP contribution in [0.25, 0.3) is 0 Å². The monoisotopic (exact) mass is 264 g/mol. The largest absolute Gasteiger partial charge is 0.272 e. The lowest BCUT2D eigenvalue weighted by atomic mass is 10.2. The van der Waals surface area contributed by atoms with E-state index in [0.717, 1.165) is 0 Å². The van der Waals surface area contributed by atoms with Crippen molar-refractivity contribution in [3.63, 3.8) is 0 Å². The molecule has 5 nitrogen and oxygen atoms in total. The average Bonchev–Trinajstić information content (AvgIpc) is 3.10. The molecule has 0 aromatic rings. The molecular formula is C9H13ClN2O3S. The lowest BCUT2D eigenvalue weighted by Crippen LogP contribution is -2.47. The first-order chi connectivity index (χ1) is 7.46. The summed E-state index contributed by atoms with van der Waals surface area (Å²) in [6.45, 7) is 3.56. The van der Waals surface area contributed by atoms with Gasteiger partial charge in [-0.05, 0) is 31.0 Å². The number of hydrogen-bond acceptors (Lipinski definition) is 4. The van der Waals surface area contributed by atoms with Crippen LogP contribution in [0.3, 0.4) is 0 Å². The van der Waals surface area contributed by atoms with Gasteiger partial charge in [-0.25, -0.2) is 13.3 Å². The highest BCUT2D eigenvalue weighted by Gasteiger charge is 2.59. The minimum absolute atomic E-state index is 0.112. The molecule has 2 aliphatic carbocycles. The molecule has 0 spiro atoms. The van der Waals surface area contributed by atoms with E-state index in [2.05, 4.69) is 16.1 Å². The number of halogens is 1. The first kappa shape index (κ1) is 11.9. The van der Waals surface area contributed by atoms with Gasteiger partial charge in [0.05, 0.1) is 5.25 Å². The van der Waals surface area contributed by atoms with E-state index < -0.39 is 26.7 Å². The van der Waals surface area contributed by atoms with E-state index in [9.17, 15) is 13.2 Å². The van der Waals surface area contributed by atoms with Gasteiger partial charge in [-0.15, -0.1) is 6.58 Å². The Kier molecular flexibility index (Phi) is 2.76. The third-order valence-corrected chi connectivity index (χ3v) is 5.23. The van der Waals surface area contributed by atoms with Crippen molar-refractivity contribution in [3.8, 4) is 0 Å². The van der Waals surface area contributed by atoms with Crippen LogP contribution in [0.1, 0.15) is 19.3 Å². The second-order valence-corrected chi connectivity index (χ2v) is 6.44. The normalized spacial score (nSPS) is 33.2. The fourth-order valence-corrected chi connectivity index (χ4v) is 3.33. The van der Waals surface area contributed by atoms with Gasteiger partial charge in [0.15, 0.2) is 0 Å². The number of amides is 1. The highest BCUT2D eigenvalue weighted by atomic mass is 35.5. The van der Waals surface area contributed by atoms with Crippen LogP contribution < -0.4 is 9.56 Å². The Morgan fingerprint density at radius 2 is 2.12 bits per heavy atom. The van der Waals surface area contributed by atoms with Gasteiger partial charge in [0.25, 0.3) is 5.91 Å². The summed E-state index contributed by atoms with van der Waals surface area (Å²) in [5.74, 6) is -0.696. The third-order valence-electron chi connectivity index (χ3n) is 3.07.